The van der Waals surface area contributed by atoms with Gasteiger partial charge < -0.3 is 4.74 Å². The Bertz CT molecular complexity index is 1000. The maximum Gasteiger partial charge on any atom is 0.244 e. The van der Waals surface area contributed by atoms with Gasteiger partial charge in [0.05, 0.1) is 7.11 Å². The van der Waals surface area contributed by atoms with Gasteiger partial charge in [0.1, 0.15) is 10.6 Å². The number of aromatic nitrogens is 2. The topological polar surface area (TPSA) is 81.2 Å². The van der Waals surface area contributed by atoms with Crippen molar-refractivity contribution in [1.29, 1.82) is 0 Å². The molecule has 1 heterocycles. The Kier molecular flexibility index (Phi) is 5.83. The van der Waals surface area contributed by atoms with Crippen molar-refractivity contribution >= 4 is 10.0 Å². The number of sulfonamides is 1. The molecule has 7 heteroatoms. The second-order valence-electron chi connectivity index (χ2n) is 6.08. The minimum Gasteiger partial charge on any atom is -0.495 e. The summed E-state index contributed by atoms with van der Waals surface area (Å²) in [7, 11) is -2.21. The van der Waals surface area contributed by atoms with E-state index >= 15 is 0 Å². The van der Waals surface area contributed by atoms with Crippen molar-refractivity contribution in [3.8, 4) is 17.1 Å². The van der Waals surface area contributed by atoms with Crippen LogP contribution in [0.5, 0.6) is 5.75 Å². The van der Waals surface area contributed by atoms with Crippen LogP contribution in [0, 0.1) is 6.92 Å². The zero-order valence-electron chi connectivity index (χ0n) is 15.2. The minimum absolute atomic E-state index is 0.140. The predicted molar refractivity (Wildman–Crippen MR) is 104 cm³/mol. The highest BCUT2D eigenvalue weighted by Crippen LogP contribution is 2.24. The molecule has 6 nitrogen and oxygen atoms in total. The number of nitrogens with zero attached hydrogens (tertiary/aromatic N) is 2. The molecule has 0 radical (unpaired) electrons. The van der Waals surface area contributed by atoms with E-state index in [4.69, 9.17) is 4.74 Å². The van der Waals surface area contributed by atoms with E-state index in [0.717, 1.165) is 16.7 Å². The summed E-state index contributed by atoms with van der Waals surface area (Å²) in [5, 5.41) is 0. The van der Waals surface area contributed by atoms with Gasteiger partial charge in [-0.15, -0.1) is 0 Å². The molecule has 0 bridgehead atoms. The third-order valence-electron chi connectivity index (χ3n) is 4.05. The highest BCUT2D eigenvalue weighted by Gasteiger charge is 2.19. The van der Waals surface area contributed by atoms with Gasteiger partial charge >= 0.3 is 0 Å². The van der Waals surface area contributed by atoms with E-state index < -0.39 is 10.0 Å². The molecule has 3 aromatic rings. The Labute approximate surface area is 159 Å². The summed E-state index contributed by atoms with van der Waals surface area (Å²) in [6, 6.07) is 14.7. The van der Waals surface area contributed by atoms with Crippen LogP contribution in [0.15, 0.2) is 65.8 Å². The second kappa shape index (κ2) is 8.28. The predicted octanol–water partition coefficient (Wildman–Crippen LogP) is 2.98. The number of benzene rings is 2. The molecule has 0 aliphatic carbocycles. The minimum atomic E-state index is -3.66. The number of methoxy groups -OCH3 is 1. The highest BCUT2D eigenvalue weighted by molar-refractivity contribution is 7.89. The summed E-state index contributed by atoms with van der Waals surface area (Å²) in [5.41, 5.74) is 2.64. The van der Waals surface area contributed by atoms with E-state index in [1.807, 2.05) is 43.3 Å². The molecule has 0 saturated carbocycles. The van der Waals surface area contributed by atoms with Crippen LogP contribution in [0.2, 0.25) is 0 Å². The fourth-order valence-electron chi connectivity index (χ4n) is 2.62. The molecule has 140 valence electrons. The summed E-state index contributed by atoms with van der Waals surface area (Å²) < 4.78 is 32.9. The van der Waals surface area contributed by atoms with Gasteiger partial charge in [-0.1, -0.05) is 36.4 Å². The molecule has 2 aromatic carbocycles. The fourth-order valence-corrected chi connectivity index (χ4v) is 3.91. The van der Waals surface area contributed by atoms with E-state index in [1.165, 1.54) is 7.11 Å². The zero-order valence-corrected chi connectivity index (χ0v) is 16.0. The SMILES string of the molecule is COc1ccc(C)cc1S(=O)(=O)NCCc1cnc(-c2ccccc2)nc1. The lowest BCUT2D eigenvalue weighted by Gasteiger charge is -2.11. The lowest BCUT2D eigenvalue weighted by Crippen LogP contribution is -2.26. The molecular weight excluding hydrogens is 362 g/mol. The van der Waals surface area contributed by atoms with Crippen LogP contribution in [0.3, 0.4) is 0 Å². The summed E-state index contributed by atoms with van der Waals surface area (Å²) in [6.07, 6.45) is 3.93. The molecule has 1 aromatic heterocycles. The second-order valence-corrected chi connectivity index (χ2v) is 7.82. The highest BCUT2D eigenvalue weighted by atomic mass is 32.2. The van der Waals surface area contributed by atoms with Crippen LogP contribution < -0.4 is 9.46 Å². The number of hydrogen-bond donors (Lipinski definition) is 1. The van der Waals surface area contributed by atoms with Crippen molar-refractivity contribution in [2.75, 3.05) is 13.7 Å². The number of ether oxygens (including phenoxy) is 1. The molecule has 0 amide bonds. The Hall–Kier alpha value is -2.77. The Balaban J connectivity index is 1.65. The molecule has 1 N–H and O–H groups in total. The Morgan fingerprint density at radius 3 is 2.41 bits per heavy atom. The largest absolute Gasteiger partial charge is 0.495 e. The van der Waals surface area contributed by atoms with Crippen LogP contribution in [-0.2, 0) is 16.4 Å². The summed E-state index contributed by atoms with van der Waals surface area (Å²) >= 11 is 0. The van der Waals surface area contributed by atoms with Gasteiger partial charge in [0, 0.05) is 24.5 Å². The van der Waals surface area contributed by atoms with Crippen molar-refractivity contribution < 1.29 is 13.2 Å². The number of nitrogens with one attached hydrogen (secondary N) is 1. The normalized spacial score (nSPS) is 11.3. The van der Waals surface area contributed by atoms with Crippen LogP contribution >= 0.6 is 0 Å². The first-order valence-electron chi connectivity index (χ1n) is 8.50. The first-order valence-corrected chi connectivity index (χ1v) is 9.98. The van der Waals surface area contributed by atoms with Gasteiger partial charge in [-0.25, -0.2) is 23.1 Å². The van der Waals surface area contributed by atoms with Crippen molar-refractivity contribution in [2.45, 2.75) is 18.2 Å². The van der Waals surface area contributed by atoms with Crippen molar-refractivity contribution in [2.24, 2.45) is 0 Å². The average Bonchev–Trinajstić information content (AvgIpc) is 2.69. The number of hydrogen-bond acceptors (Lipinski definition) is 5. The van der Waals surface area contributed by atoms with E-state index in [9.17, 15) is 8.42 Å². The average molecular weight is 383 g/mol. The van der Waals surface area contributed by atoms with Crippen molar-refractivity contribution in [3.63, 3.8) is 0 Å². The van der Waals surface area contributed by atoms with Crippen LogP contribution in [-0.4, -0.2) is 32.0 Å². The Morgan fingerprint density at radius 1 is 1.04 bits per heavy atom. The van der Waals surface area contributed by atoms with Crippen molar-refractivity contribution in [1.82, 2.24) is 14.7 Å². The molecule has 0 aliphatic heterocycles. The zero-order chi connectivity index (χ0) is 19.3. The molecule has 0 atom stereocenters. The molecule has 0 saturated heterocycles. The molecule has 3 rings (SSSR count). The monoisotopic (exact) mass is 383 g/mol. The standard InChI is InChI=1S/C20H21N3O3S/c1-15-8-9-18(26-2)19(12-15)27(24,25)23-11-10-16-13-21-20(22-14-16)17-6-4-3-5-7-17/h3-9,12-14,23H,10-11H2,1-2H3. The summed E-state index contributed by atoms with van der Waals surface area (Å²) in [6.45, 7) is 2.08. The third-order valence-corrected chi connectivity index (χ3v) is 5.53. The number of aryl methyl sites for hydroxylation is 1. The molecule has 27 heavy (non-hydrogen) atoms. The van der Waals surface area contributed by atoms with E-state index in [1.54, 1.807) is 24.5 Å². The van der Waals surface area contributed by atoms with Gasteiger partial charge in [-0.3, -0.25) is 0 Å². The van der Waals surface area contributed by atoms with Gasteiger partial charge in [0.25, 0.3) is 0 Å². The van der Waals surface area contributed by atoms with Crippen molar-refractivity contribution in [3.05, 3.63) is 72.1 Å². The van der Waals surface area contributed by atoms with E-state index in [0.29, 0.717) is 18.0 Å². The first kappa shape index (κ1) is 19.0. The van der Waals surface area contributed by atoms with Gasteiger partial charge in [-0.2, -0.15) is 0 Å². The third kappa shape index (κ3) is 4.69. The van der Waals surface area contributed by atoms with Crippen LogP contribution in [0.4, 0.5) is 0 Å². The molecule has 0 fully saturated rings. The Morgan fingerprint density at radius 2 is 1.74 bits per heavy atom. The van der Waals surface area contributed by atoms with Gasteiger partial charge in [-0.05, 0) is 36.6 Å². The maximum atomic E-state index is 12.6. The first-order chi connectivity index (χ1) is 13.0. The van der Waals surface area contributed by atoms with Gasteiger partial charge in [0.2, 0.25) is 10.0 Å². The summed E-state index contributed by atoms with van der Waals surface area (Å²) in [5.74, 6) is 0.966. The van der Waals surface area contributed by atoms with E-state index in [2.05, 4.69) is 14.7 Å². The molecule has 0 aliphatic rings. The van der Waals surface area contributed by atoms with Crippen LogP contribution in [0.25, 0.3) is 11.4 Å². The molecular formula is C20H21N3O3S. The lowest BCUT2D eigenvalue weighted by atomic mass is 10.2. The maximum absolute atomic E-state index is 12.6. The van der Waals surface area contributed by atoms with Gasteiger partial charge in [0.15, 0.2) is 5.82 Å². The fraction of sp³-hybridized carbons (Fsp3) is 0.200. The molecule has 0 unspecified atom stereocenters. The van der Waals surface area contributed by atoms with E-state index in [-0.39, 0.29) is 11.4 Å². The molecule has 0 spiro atoms. The lowest BCUT2D eigenvalue weighted by molar-refractivity contribution is 0.402. The smallest absolute Gasteiger partial charge is 0.244 e. The summed E-state index contributed by atoms with van der Waals surface area (Å²) in [4.78, 5) is 8.85. The number of rotatable bonds is 7. The van der Waals surface area contributed by atoms with Crippen LogP contribution in [0.1, 0.15) is 11.1 Å². The quantitative estimate of drug-likeness (QED) is 0.678.